The highest BCUT2D eigenvalue weighted by atomic mass is 32.1. The van der Waals surface area contributed by atoms with E-state index in [0.29, 0.717) is 5.92 Å². The first-order chi connectivity index (χ1) is 33.2. The topological polar surface area (TPSA) is 24.5 Å². The number of rotatable bonds is 21. The lowest BCUT2D eigenvalue weighted by atomic mass is 9.84. The minimum atomic E-state index is -0.203. The van der Waals surface area contributed by atoms with Crippen LogP contribution in [0.3, 0.4) is 0 Å². The van der Waals surface area contributed by atoms with Gasteiger partial charge in [0.1, 0.15) is 5.75 Å². The quantitative estimate of drug-likeness (QED) is 0.0482. The first kappa shape index (κ1) is 56.3. The van der Waals surface area contributed by atoms with Crippen molar-refractivity contribution in [3.63, 3.8) is 0 Å². The molecular weight excluding hydrogens is 845 g/mol. The molecule has 3 nitrogen and oxygen atoms in total. The van der Waals surface area contributed by atoms with Gasteiger partial charge in [0.25, 0.3) is 0 Å². The zero-order valence-electron chi connectivity index (χ0n) is 42.3. The summed E-state index contributed by atoms with van der Waals surface area (Å²) in [6, 6.07) is 27.4. The highest BCUT2D eigenvalue weighted by Crippen LogP contribution is 2.47. The van der Waals surface area contributed by atoms with Crippen LogP contribution in [0, 0.1) is 5.92 Å². The second kappa shape index (κ2) is 31.8. The predicted molar refractivity (Wildman–Crippen MR) is 304 cm³/mol. The van der Waals surface area contributed by atoms with Crippen molar-refractivity contribution in [2.45, 2.75) is 90.9 Å². The molecule has 3 aromatic rings. The Labute approximate surface area is 418 Å². The van der Waals surface area contributed by atoms with Crippen LogP contribution in [0.15, 0.2) is 243 Å². The highest BCUT2D eigenvalue weighted by molar-refractivity contribution is 7.82. The van der Waals surface area contributed by atoms with E-state index in [-0.39, 0.29) is 10.3 Å². The number of fused-ring (bicyclic) bond motifs is 1. The van der Waals surface area contributed by atoms with E-state index in [9.17, 15) is 0 Å². The minimum absolute atomic E-state index is 0.130. The Hall–Kier alpha value is -6.07. The molecule has 2 unspecified atom stereocenters. The van der Waals surface area contributed by atoms with Crippen molar-refractivity contribution in [1.82, 2.24) is 10.2 Å². The molecule has 358 valence electrons. The number of likely N-dealkylation sites (tertiary alicyclic amines) is 1. The van der Waals surface area contributed by atoms with Crippen LogP contribution in [-0.2, 0) is 18.4 Å². The number of hydrogen-bond acceptors (Lipinski definition) is 4. The third-order valence-electron chi connectivity index (χ3n) is 11.4. The normalized spacial score (nSPS) is 18.9. The van der Waals surface area contributed by atoms with E-state index in [4.69, 9.17) is 17.4 Å². The van der Waals surface area contributed by atoms with E-state index in [2.05, 4.69) is 210 Å². The lowest BCUT2D eigenvalue weighted by Gasteiger charge is -2.41. The Balaban J connectivity index is 0.000000274. The molecule has 0 radical (unpaired) electrons. The molecule has 1 aliphatic carbocycles. The number of para-hydroxylation sites is 1. The summed E-state index contributed by atoms with van der Waals surface area (Å²) in [4.78, 5) is 2.32. The van der Waals surface area contributed by atoms with Gasteiger partial charge in [0, 0.05) is 36.5 Å². The van der Waals surface area contributed by atoms with Crippen molar-refractivity contribution in [2.75, 3.05) is 19.6 Å². The maximum absolute atomic E-state index is 5.97. The zero-order valence-corrected chi connectivity index (χ0v) is 43.2. The monoisotopic (exact) mass is 925 g/mol. The summed E-state index contributed by atoms with van der Waals surface area (Å²) in [7, 11) is 0. The average molecular weight is 925 g/mol. The Morgan fingerprint density at radius 3 is 2.18 bits per heavy atom. The van der Waals surface area contributed by atoms with Crippen molar-refractivity contribution < 1.29 is 4.74 Å². The maximum atomic E-state index is 5.97. The maximum Gasteiger partial charge on any atom is 0.155 e. The van der Waals surface area contributed by atoms with Gasteiger partial charge in [-0.05, 0) is 103 Å². The minimum Gasteiger partial charge on any atom is -0.478 e. The molecule has 1 fully saturated rings. The van der Waals surface area contributed by atoms with Gasteiger partial charge >= 0.3 is 0 Å². The number of benzene rings is 3. The van der Waals surface area contributed by atoms with Crippen LogP contribution in [-0.4, -0.2) is 29.3 Å². The van der Waals surface area contributed by atoms with Crippen molar-refractivity contribution in [3.05, 3.63) is 265 Å². The molecule has 4 heteroatoms. The zero-order chi connectivity index (χ0) is 49.5. The molecule has 2 heterocycles. The van der Waals surface area contributed by atoms with Gasteiger partial charge in [0.15, 0.2) is 5.60 Å². The number of allylic oxidation sites excluding steroid dienone is 18. The van der Waals surface area contributed by atoms with E-state index in [1.165, 1.54) is 44.7 Å². The van der Waals surface area contributed by atoms with E-state index in [1.807, 2.05) is 68.5 Å². The van der Waals surface area contributed by atoms with E-state index in [0.717, 1.165) is 57.5 Å². The summed E-state index contributed by atoms with van der Waals surface area (Å²) >= 11 is 4.72. The van der Waals surface area contributed by atoms with E-state index in [1.54, 1.807) is 6.08 Å². The Bertz CT molecular complexity index is 2350. The van der Waals surface area contributed by atoms with Crippen LogP contribution in [0.5, 0.6) is 5.75 Å². The molecular formula is C64H80N2OS. The Kier molecular flexibility index (Phi) is 26.3. The number of likely N-dealkylation sites (N-methyl/N-ethyl adjacent to an activating group) is 1. The second-order valence-electron chi connectivity index (χ2n) is 16.4. The van der Waals surface area contributed by atoms with Crippen LogP contribution in [0.1, 0.15) is 90.0 Å². The molecule has 3 aliphatic rings. The Morgan fingerprint density at radius 2 is 1.51 bits per heavy atom. The molecule has 1 saturated heterocycles. The molecule has 1 N–H and O–H groups in total. The summed E-state index contributed by atoms with van der Waals surface area (Å²) in [6.45, 7) is 28.9. The van der Waals surface area contributed by atoms with Crippen LogP contribution in [0.4, 0.5) is 0 Å². The number of hydrogen-bond donors (Lipinski definition) is 2. The smallest absolute Gasteiger partial charge is 0.155 e. The van der Waals surface area contributed by atoms with Gasteiger partial charge in [-0.25, -0.2) is 0 Å². The fourth-order valence-corrected chi connectivity index (χ4v) is 8.14. The number of nitrogens with one attached hydrogen (secondary N) is 1. The molecule has 3 aromatic carbocycles. The molecule has 0 saturated carbocycles. The van der Waals surface area contributed by atoms with Gasteiger partial charge < -0.3 is 15.0 Å². The molecule has 68 heavy (non-hydrogen) atoms. The van der Waals surface area contributed by atoms with Gasteiger partial charge in [-0.1, -0.05) is 237 Å². The number of nitrogens with zero attached hydrogens (tertiary/aromatic N) is 1. The SMILES string of the molecule is C=C/C=C(\C)c1cccc(CC2(S)C=CC=C2)c1.C=C/C=C\C=C/N1CC(/C=C\CC)/C1=C/C(=C\CC)C(/C=C\C=C)=C/CNCC.CC.CCC1(/C=C\Cc2ccccc2)Oc2ccccc21. The molecule has 0 aromatic heterocycles. The lowest BCUT2D eigenvalue weighted by molar-refractivity contribution is 0.0583. The predicted octanol–water partition coefficient (Wildman–Crippen LogP) is 16.8. The molecule has 6 rings (SSSR count). The summed E-state index contributed by atoms with van der Waals surface area (Å²) < 4.78 is 5.84. The fraction of sp³-hybridized carbons (Fsp3) is 0.281. The van der Waals surface area contributed by atoms with Crippen molar-refractivity contribution in [2.24, 2.45) is 5.92 Å². The first-order valence-corrected chi connectivity index (χ1v) is 25.1. The first-order valence-electron chi connectivity index (χ1n) is 24.7. The summed E-state index contributed by atoms with van der Waals surface area (Å²) in [5.41, 5.74) is 10.0. The molecule has 2 atom stereocenters. The summed E-state index contributed by atoms with van der Waals surface area (Å²) in [5, 5.41) is 3.39. The molecule has 2 aliphatic heterocycles. The third kappa shape index (κ3) is 18.2. The van der Waals surface area contributed by atoms with Crippen molar-refractivity contribution >= 4 is 18.2 Å². The van der Waals surface area contributed by atoms with Crippen LogP contribution < -0.4 is 10.1 Å². The van der Waals surface area contributed by atoms with Gasteiger partial charge in [0.2, 0.25) is 0 Å². The summed E-state index contributed by atoms with van der Waals surface area (Å²) in [5.74, 6) is 1.48. The highest BCUT2D eigenvalue weighted by Gasteiger charge is 2.41. The fourth-order valence-electron chi connectivity index (χ4n) is 7.78. The van der Waals surface area contributed by atoms with Gasteiger partial charge in [-0.15, -0.1) is 0 Å². The van der Waals surface area contributed by atoms with Gasteiger partial charge in [0.05, 0.1) is 4.75 Å². The molecule has 0 spiro atoms. The molecule has 0 amide bonds. The summed E-state index contributed by atoms with van der Waals surface area (Å²) in [6.07, 6.45) is 49.0. The van der Waals surface area contributed by atoms with Crippen LogP contribution >= 0.6 is 12.6 Å². The van der Waals surface area contributed by atoms with Crippen molar-refractivity contribution in [1.29, 1.82) is 0 Å². The average Bonchev–Trinajstić information content (AvgIpc) is 3.79. The third-order valence-corrected chi connectivity index (χ3v) is 11.8. The second-order valence-corrected chi connectivity index (χ2v) is 17.2. The molecule has 0 bridgehead atoms. The number of ether oxygens (including phenoxy) is 1. The van der Waals surface area contributed by atoms with Crippen LogP contribution in [0.25, 0.3) is 5.57 Å². The van der Waals surface area contributed by atoms with Gasteiger partial charge in [-0.3, -0.25) is 0 Å². The van der Waals surface area contributed by atoms with E-state index >= 15 is 0 Å². The Morgan fingerprint density at radius 1 is 0.794 bits per heavy atom. The standard InChI is InChI=1S/C27H38N2.C18H18O.C17H18S.C2H6/c1-6-11-14-15-21-29-23-26(18-13-8-3)27(29)22-25(16-9-4)24(17-12-7-2)19-20-28-10-5;1-2-18(16-12-6-7-13-17(16)19-18)14-8-11-15-9-4-3-5-10-15;1-3-7-14(2)16-9-6-8-15(12-16)13-17(18)10-4-5-11-17;1-2/h6-7,11-19,21-22,26,28H,1-2,8-10,20,23H2,3-5H3;3-10,12-14H,2,11H2,1H3;3-12,18H,1,13H2,2H3;1-2H3/b14-11-,17-12-,18-13-,21-15-,24-19+,25-16+,27-22-;14-8-;14-7+;. The largest absolute Gasteiger partial charge is 0.478 e. The number of thiol groups is 1. The lowest BCUT2D eigenvalue weighted by Crippen LogP contribution is -2.39. The van der Waals surface area contributed by atoms with Crippen LogP contribution in [0.2, 0.25) is 0 Å². The van der Waals surface area contributed by atoms with Gasteiger partial charge in [-0.2, -0.15) is 12.6 Å². The van der Waals surface area contributed by atoms with Crippen molar-refractivity contribution in [3.8, 4) is 5.75 Å². The van der Waals surface area contributed by atoms with E-state index < -0.39 is 0 Å².